The fourth-order valence-electron chi connectivity index (χ4n) is 2.21. The van der Waals surface area contributed by atoms with E-state index in [4.69, 9.17) is 27.9 Å². The Hall–Kier alpha value is -1.55. The molecule has 1 aliphatic rings. The summed E-state index contributed by atoms with van der Waals surface area (Å²) in [5.74, 6) is -0.707. The molecule has 0 radical (unpaired) electrons. The Morgan fingerprint density at radius 3 is 2.45 bits per heavy atom. The maximum Gasteiger partial charge on any atom is 0.351 e. The first-order valence-electron chi connectivity index (χ1n) is 6.01. The summed E-state index contributed by atoms with van der Waals surface area (Å²) in [6.45, 7) is 0. The molecular formula is C15H10Cl2O3. The Bertz CT molecular complexity index is 724. The van der Waals surface area contributed by atoms with Crippen molar-refractivity contribution in [3.8, 4) is 0 Å². The molecule has 20 heavy (non-hydrogen) atoms. The van der Waals surface area contributed by atoms with E-state index in [9.17, 15) is 9.90 Å². The molecule has 1 aliphatic heterocycles. The van der Waals surface area contributed by atoms with E-state index in [0.717, 1.165) is 10.8 Å². The van der Waals surface area contributed by atoms with E-state index >= 15 is 0 Å². The van der Waals surface area contributed by atoms with E-state index in [2.05, 4.69) is 0 Å². The number of carbonyl (C=O) groups is 1. The third kappa shape index (κ3) is 2.18. The SMILES string of the molecule is O=C1O[C@H]([C@H](O)c2ccc3ccccc3c2)C(Cl)=C1Cl. The van der Waals surface area contributed by atoms with Crippen molar-refractivity contribution in [3.63, 3.8) is 0 Å². The van der Waals surface area contributed by atoms with Gasteiger partial charge >= 0.3 is 5.97 Å². The number of hydrogen-bond donors (Lipinski definition) is 1. The van der Waals surface area contributed by atoms with Crippen LogP contribution in [0.1, 0.15) is 11.7 Å². The predicted molar refractivity (Wildman–Crippen MR) is 77.5 cm³/mol. The first-order chi connectivity index (χ1) is 9.58. The van der Waals surface area contributed by atoms with E-state index in [1.807, 2.05) is 36.4 Å². The van der Waals surface area contributed by atoms with Crippen LogP contribution < -0.4 is 0 Å². The van der Waals surface area contributed by atoms with Crippen LogP contribution in [-0.4, -0.2) is 17.2 Å². The number of aliphatic hydroxyl groups excluding tert-OH is 1. The highest BCUT2D eigenvalue weighted by molar-refractivity contribution is 6.48. The van der Waals surface area contributed by atoms with Gasteiger partial charge in [-0.2, -0.15) is 0 Å². The van der Waals surface area contributed by atoms with Crippen LogP contribution in [0.25, 0.3) is 10.8 Å². The smallest absolute Gasteiger partial charge is 0.351 e. The second-order valence-corrected chi connectivity index (χ2v) is 5.32. The van der Waals surface area contributed by atoms with Gasteiger partial charge < -0.3 is 9.84 Å². The lowest BCUT2D eigenvalue weighted by atomic mass is 10.0. The molecule has 1 heterocycles. The number of halogens is 2. The Morgan fingerprint density at radius 1 is 1.10 bits per heavy atom. The summed E-state index contributed by atoms with van der Waals surface area (Å²) in [6, 6.07) is 13.3. The van der Waals surface area contributed by atoms with Crippen LogP contribution in [0.5, 0.6) is 0 Å². The van der Waals surface area contributed by atoms with Gasteiger partial charge in [0, 0.05) is 0 Å². The zero-order valence-corrected chi connectivity index (χ0v) is 11.7. The monoisotopic (exact) mass is 308 g/mol. The molecule has 0 amide bonds. The Balaban J connectivity index is 1.97. The van der Waals surface area contributed by atoms with Crippen molar-refractivity contribution in [2.24, 2.45) is 0 Å². The second kappa shape index (κ2) is 5.09. The molecule has 0 fully saturated rings. The molecule has 3 nitrogen and oxygen atoms in total. The number of benzene rings is 2. The van der Waals surface area contributed by atoms with Gasteiger partial charge in [0.15, 0.2) is 6.10 Å². The molecule has 5 heteroatoms. The van der Waals surface area contributed by atoms with Crippen LogP contribution in [0.3, 0.4) is 0 Å². The third-order valence-corrected chi connectivity index (χ3v) is 4.13. The summed E-state index contributed by atoms with van der Waals surface area (Å²) in [5, 5.41) is 12.2. The summed E-state index contributed by atoms with van der Waals surface area (Å²) in [6.07, 6.45) is -2.00. The molecule has 0 saturated heterocycles. The van der Waals surface area contributed by atoms with Crippen molar-refractivity contribution in [3.05, 3.63) is 58.1 Å². The van der Waals surface area contributed by atoms with Crippen LogP contribution in [0.2, 0.25) is 0 Å². The molecule has 0 aromatic heterocycles. The van der Waals surface area contributed by atoms with E-state index in [-0.39, 0.29) is 10.1 Å². The van der Waals surface area contributed by atoms with Crippen LogP contribution in [0, 0.1) is 0 Å². The van der Waals surface area contributed by atoms with Gasteiger partial charge in [0.2, 0.25) is 0 Å². The predicted octanol–water partition coefficient (Wildman–Crippen LogP) is 3.49. The van der Waals surface area contributed by atoms with E-state index < -0.39 is 18.2 Å². The van der Waals surface area contributed by atoms with E-state index in [1.165, 1.54) is 0 Å². The summed E-state index contributed by atoms with van der Waals surface area (Å²) in [5.41, 5.74) is 0.617. The van der Waals surface area contributed by atoms with Crippen molar-refractivity contribution in [2.75, 3.05) is 0 Å². The normalized spacial score (nSPS) is 20.4. The van der Waals surface area contributed by atoms with Crippen molar-refractivity contribution in [2.45, 2.75) is 12.2 Å². The molecule has 3 rings (SSSR count). The maximum atomic E-state index is 11.3. The van der Waals surface area contributed by atoms with Gasteiger partial charge in [-0.05, 0) is 22.4 Å². The van der Waals surface area contributed by atoms with Gasteiger partial charge in [-0.3, -0.25) is 0 Å². The van der Waals surface area contributed by atoms with E-state index in [1.54, 1.807) is 6.07 Å². The molecule has 2 atom stereocenters. The van der Waals surface area contributed by atoms with Gasteiger partial charge in [-0.25, -0.2) is 4.79 Å². The van der Waals surface area contributed by atoms with Crippen LogP contribution in [0.4, 0.5) is 0 Å². The van der Waals surface area contributed by atoms with Crippen molar-refractivity contribution < 1.29 is 14.6 Å². The van der Waals surface area contributed by atoms with Gasteiger partial charge in [0.05, 0.1) is 5.03 Å². The average Bonchev–Trinajstić information content (AvgIpc) is 2.73. The number of fused-ring (bicyclic) bond motifs is 1. The Morgan fingerprint density at radius 2 is 1.80 bits per heavy atom. The topological polar surface area (TPSA) is 46.5 Å². The van der Waals surface area contributed by atoms with Crippen LogP contribution >= 0.6 is 23.2 Å². The quantitative estimate of drug-likeness (QED) is 0.864. The largest absolute Gasteiger partial charge is 0.449 e. The molecule has 0 aliphatic carbocycles. The molecule has 102 valence electrons. The number of esters is 1. The summed E-state index contributed by atoms with van der Waals surface area (Å²) in [4.78, 5) is 11.3. The molecule has 0 saturated carbocycles. The second-order valence-electron chi connectivity index (χ2n) is 4.54. The zero-order chi connectivity index (χ0) is 14.3. The Kier molecular flexibility index (Phi) is 3.42. The van der Waals surface area contributed by atoms with Crippen molar-refractivity contribution >= 4 is 39.9 Å². The first kappa shape index (κ1) is 13.4. The fourth-order valence-corrected chi connectivity index (χ4v) is 2.60. The third-order valence-electron chi connectivity index (χ3n) is 3.27. The van der Waals surface area contributed by atoms with Crippen LogP contribution in [0.15, 0.2) is 52.5 Å². The van der Waals surface area contributed by atoms with Crippen molar-refractivity contribution in [1.82, 2.24) is 0 Å². The lowest BCUT2D eigenvalue weighted by Crippen LogP contribution is -2.20. The van der Waals surface area contributed by atoms with Crippen LogP contribution in [-0.2, 0) is 9.53 Å². The molecule has 0 unspecified atom stereocenters. The van der Waals surface area contributed by atoms with E-state index in [0.29, 0.717) is 5.56 Å². The summed E-state index contributed by atoms with van der Waals surface area (Å²) >= 11 is 11.6. The zero-order valence-electron chi connectivity index (χ0n) is 10.2. The Labute approximate surface area is 125 Å². The summed E-state index contributed by atoms with van der Waals surface area (Å²) < 4.78 is 4.99. The van der Waals surface area contributed by atoms with Gasteiger partial charge in [0.1, 0.15) is 11.1 Å². The minimum atomic E-state index is -1.05. The number of carbonyl (C=O) groups excluding carboxylic acids is 1. The fraction of sp³-hybridized carbons (Fsp3) is 0.133. The lowest BCUT2D eigenvalue weighted by molar-refractivity contribution is -0.143. The number of ether oxygens (including phenoxy) is 1. The lowest BCUT2D eigenvalue weighted by Gasteiger charge is -2.18. The van der Waals surface area contributed by atoms with Gasteiger partial charge in [-0.15, -0.1) is 0 Å². The summed E-state index contributed by atoms with van der Waals surface area (Å²) in [7, 11) is 0. The highest BCUT2D eigenvalue weighted by Crippen LogP contribution is 2.36. The van der Waals surface area contributed by atoms with Gasteiger partial charge in [-0.1, -0.05) is 59.6 Å². The molecule has 0 spiro atoms. The number of cyclic esters (lactones) is 1. The minimum absolute atomic E-state index is 0.0392. The number of hydrogen-bond acceptors (Lipinski definition) is 3. The molecule has 2 aromatic carbocycles. The highest BCUT2D eigenvalue weighted by atomic mass is 35.5. The average molecular weight is 309 g/mol. The number of rotatable bonds is 2. The molecule has 1 N–H and O–H groups in total. The first-order valence-corrected chi connectivity index (χ1v) is 6.76. The molecule has 2 aromatic rings. The maximum absolute atomic E-state index is 11.3. The molecular weight excluding hydrogens is 299 g/mol. The van der Waals surface area contributed by atoms with Crippen molar-refractivity contribution in [1.29, 1.82) is 0 Å². The number of aliphatic hydroxyl groups is 1. The standard InChI is InChI=1S/C15H10Cl2O3/c16-11-12(17)15(19)20-14(11)13(18)10-6-5-8-3-1-2-4-9(8)7-10/h1-7,13-14,18H/t13-,14+/m1/s1. The highest BCUT2D eigenvalue weighted by Gasteiger charge is 2.37. The van der Waals surface area contributed by atoms with Gasteiger partial charge in [0.25, 0.3) is 0 Å². The molecule has 0 bridgehead atoms. The minimum Gasteiger partial charge on any atom is -0.449 e.